The molecule has 7 heteroatoms. The fourth-order valence-electron chi connectivity index (χ4n) is 2.95. The first kappa shape index (κ1) is 17.7. The molecule has 0 spiro atoms. The van der Waals surface area contributed by atoms with Gasteiger partial charge in [-0.2, -0.15) is 0 Å². The van der Waals surface area contributed by atoms with Crippen LogP contribution in [-0.4, -0.2) is 21.5 Å². The zero-order chi connectivity index (χ0) is 18.8. The Hall–Kier alpha value is -3.09. The van der Waals surface area contributed by atoms with Gasteiger partial charge in [-0.3, -0.25) is 18.7 Å². The molecule has 26 heavy (non-hydrogen) atoms. The molecule has 0 aliphatic carbocycles. The summed E-state index contributed by atoms with van der Waals surface area (Å²) in [6, 6.07) is 7.28. The van der Waals surface area contributed by atoms with Gasteiger partial charge in [-0.15, -0.1) is 0 Å². The maximum absolute atomic E-state index is 12.7. The van der Waals surface area contributed by atoms with Crippen LogP contribution in [0.1, 0.15) is 36.2 Å². The minimum Gasteiger partial charge on any atom is -0.494 e. The standard InChI is InChI=1S/C19H21N3O4/c1-4-10-22-17-15(18(24)21(3)19(22)25)16(23)14(20-17)11-12-6-8-13(9-7-12)26-5-2/h6-9,11,20H,4-5,10H2,1-3H3. The number of carbonyl (C=O) groups is 1. The number of ether oxygens (including phenoxy) is 1. The first-order chi connectivity index (χ1) is 12.5. The first-order valence-electron chi connectivity index (χ1n) is 8.58. The van der Waals surface area contributed by atoms with Crippen LogP contribution in [0, 0.1) is 0 Å². The van der Waals surface area contributed by atoms with Crippen molar-refractivity contribution in [3.63, 3.8) is 0 Å². The van der Waals surface area contributed by atoms with E-state index in [2.05, 4.69) is 5.32 Å². The van der Waals surface area contributed by atoms with E-state index in [1.54, 1.807) is 6.08 Å². The SMILES string of the molecule is CCCn1c2c(c(=O)n(C)c1=O)C(=O)C(=Cc1ccc(OCC)cc1)N2. The van der Waals surface area contributed by atoms with Crippen LogP contribution >= 0.6 is 0 Å². The van der Waals surface area contributed by atoms with Gasteiger partial charge >= 0.3 is 5.69 Å². The molecule has 0 amide bonds. The van der Waals surface area contributed by atoms with E-state index in [1.807, 2.05) is 38.1 Å². The van der Waals surface area contributed by atoms with E-state index in [0.717, 1.165) is 15.9 Å². The van der Waals surface area contributed by atoms with Crippen LogP contribution < -0.4 is 21.3 Å². The Morgan fingerprint density at radius 1 is 1.12 bits per heavy atom. The first-order valence-corrected chi connectivity index (χ1v) is 8.58. The van der Waals surface area contributed by atoms with Crippen molar-refractivity contribution < 1.29 is 9.53 Å². The van der Waals surface area contributed by atoms with Crippen molar-refractivity contribution in [3.05, 3.63) is 61.9 Å². The fourth-order valence-corrected chi connectivity index (χ4v) is 2.95. The van der Waals surface area contributed by atoms with Crippen molar-refractivity contribution >= 4 is 17.7 Å². The molecule has 7 nitrogen and oxygen atoms in total. The number of Topliss-reactive ketones (excluding diaryl/α,β-unsaturated/α-hetero) is 1. The lowest BCUT2D eigenvalue weighted by atomic mass is 10.1. The van der Waals surface area contributed by atoms with Crippen LogP contribution in [0.4, 0.5) is 5.82 Å². The summed E-state index contributed by atoms with van der Waals surface area (Å²) in [7, 11) is 1.39. The second-order valence-electron chi connectivity index (χ2n) is 6.04. The molecule has 1 aliphatic rings. The van der Waals surface area contributed by atoms with Crippen molar-refractivity contribution in [2.45, 2.75) is 26.8 Å². The lowest BCUT2D eigenvalue weighted by Crippen LogP contribution is -2.40. The molecular weight excluding hydrogens is 334 g/mol. The highest BCUT2D eigenvalue weighted by Crippen LogP contribution is 2.26. The predicted octanol–water partition coefficient (Wildman–Crippen LogP) is 2.00. The van der Waals surface area contributed by atoms with Gasteiger partial charge in [-0.25, -0.2) is 4.79 Å². The number of hydrogen-bond acceptors (Lipinski definition) is 5. The molecule has 1 N–H and O–H groups in total. The number of anilines is 1. The van der Waals surface area contributed by atoms with E-state index in [-0.39, 0.29) is 17.1 Å². The van der Waals surface area contributed by atoms with Crippen LogP contribution in [0.3, 0.4) is 0 Å². The molecule has 1 aromatic carbocycles. The van der Waals surface area contributed by atoms with Crippen molar-refractivity contribution in [3.8, 4) is 5.75 Å². The molecule has 0 unspecified atom stereocenters. The molecule has 2 aromatic rings. The molecule has 0 atom stereocenters. The molecule has 3 rings (SSSR count). The van der Waals surface area contributed by atoms with Gasteiger partial charge in [0.05, 0.1) is 12.3 Å². The van der Waals surface area contributed by atoms with Crippen LogP contribution in [0.25, 0.3) is 6.08 Å². The quantitative estimate of drug-likeness (QED) is 0.830. The Morgan fingerprint density at radius 2 is 1.81 bits per heavy atom. The molecule has 1 aliphatic heterocycles. The minimum atomic E-state index is -0.579. The number of rotatable bonds is 5. The topological polar surface area (TPSA) is 82.3 Å². The Kier molecular flexibility index (Phi) is 4.79. The summed E-state index contributed by atoms with van der Waals surface area (Å²) < 4.78 is 7.82. The van der Waals surface area contributed by atoms with E-state index in [9.17, 15) is 14.4 Å². The van der Waals surface area contributed by atoms with Gasteiger partial charge in [0.25, 0.3) is 5.56 Å². The monoisotopic (exact) mass is 355 g/mol. The highest BCUT2D eigenvalue weighted by atomic mass is 16.5. The lowest BCUT2D eigenvalue weighted by Gasteiger charge is -2.11. The second kappa shape index (κ2) is 7.03. The molecule has 0 radical (unpaired) electrons. The third-order valence-corrected chi connectivity index (χ3v) is 4.22. The summed E-state index contributed by atoms with van der Waals surface area (Å²) in [5, 5.41) is 2.96. The lowest BCUT2D eigenvalue weighted by molar-refractivity contribution is 0.104. The van der Waals surface area contributed by atoms with Gasteiger partial charge in [0, 0.05) is 13.6 Å². The molecule has 136 valence electrons. The Labute approximate surface area is 150 Å². The van der Waals surface area contributed by atoms with E-state index in [0.29, 0.717) is 19.6 Å². The third kappa shape index (κ3) is 2.96. The molecule has 0 bridgehead atoms. The fraction of sp³-hybridized carbons (Fsp3) is 0.316. The van der Waals surface area contributed by atoms with Crippen molar-refractivity contribution in [1.82, 2.24) is 9.13 Å². The largest absolute Gasteiger partial charge is 0.494 e. The summed E-state index contributed by atoms with van der Waals surface area (Å²) in [5.41, 5.74) is 0.0657. The van der Waals surface area contributed by atoms with Gasteiger partial charge in [-0.05, 0) is 37.1 Å². The average molecular weight is 355 g/mol. The van der Waals surface area contributed by atoms with E-state index < -0.39 is 17.0 Å². The maximum atomic E-state index is 12.7. The third-order valence-electron chi connectivity index (χ3n) is 4.22. The molecular formula is C19H21N3O4. The van der Waals surface area contributed by atoms with Crippen molar-refractivity contribution in [1.29, 1.82) is 0 Å². The summed E-state index contributed by atoms with van der Waals surface area (Å²) in [6.45, 7) is 4.84. The van der Waals surface area contributed by atoms with Crippen molar-refractivity contribution in [2.24, 2.45) is 7.05 Å². The molecule has 2 heterocycles. The Morgan fingerprint density at radius 3 is 2.42 bits per heavy atom. The van der Waals surface area contributed by atoms with Gasteiger partial charge < -0.3 is 10.1 Å². The number of fused-ring (bicyclic) bond motifs is 1. The summed E-state index contributed by atoms with van der Waals surface area (Å²) in [6.07, 6.45) is 2.37. The second-order valence-corrected chi connectivity index (χ2v) is 6.04. The van der Waals surface area contributed by atoms with Crippen LogP contribution in [0.5, 0.6) is 5.75 Å². The van der Waals surface area contributed by atoms with Crippen LogP contribution in [0.2, 0.25) is 0 Å². The van der Waals surface area contributed by atoms with Gasteiger partial charge in [0.2, 0.25) is 5.78 Å². The number of aromatic nitrogens is 2. The molecule has 1 aromatic heterocycles. The predicted molar refractivity (Wildman–Crippen MR) is 99.8 cm³/mol. The van der Waals surface area contributed by atoms with E-state index in [1.165, 1.54) is 11.6 Å². The molecule has 0 saturated heterocycles. The highest BCUT2D eigenvalue weighted by molar-refractivity contribution is 6.19. The number of ketones is 1. The average Bonchev–Trinajstić information content (AvgIpc) is 2.95. The van der Waals surface area contributed by atoms with Gasteiger partial charge in [0.1, 0.15) is 17.1 Å². The summed E-state index contributed by atoms with van der Waals surface area (Å²) >= 11 is 0. The number of benzene rings is 1. The van der Waals surface area contributed by atoms with E-state index in [4.69, 9.17) is 4.74 Å². The van der Waals surface area contributed by atoms with Gasteiger partial charge in [-0.1, -0.05) is 19.1 Å². The number of hydrogen-bond donors (Lipinski definition) is 1. The summed E-state index contributed by atoms with van der Waals surface area (Å²) in [4.78, 5) is 37.5. The number of nitrogens with one attached hydrogen (secondary N) is 1. The van der Waals surface area contributed by atoms with E-state index >= 15 is 0 Å². The summed E-state index contributed by atoms with van der Waals surface area (Å²) in [5.74, 6) is 0.621. The number of carbonyl (C=O) groups excluding carboxylic acids is 1. The van der Waals surface area contributed by atoms with Crippen molar-refractivity contribution in [2.75, 3.05) is 11.9 Å². The minimum absolute atomic E-state index is 0.0118. The zero-order valence-corrected chi connectivity index (χ0v) is 15.0. The molecule has 0 saturated carbocycles. The highest BCUT2D eigenvalue weighted by Gasteiger charge is 2.32. The Balaban J connectivity index is 2.04. The van der Waals surface area contributed by atoms with Gasteiger partial charge in [0.15, 0.2) is 0 Å². The van der Waals surface area contributed by atoms with Crippen LogP contribution in [-0.2, 0) is 13.6 Å². The molecule has 0 fully saturated rings. The van der Waals surface area contributed by atoms with Crippen LogP contribution in [0.15, 0.2) is 39.6 Å². The Bertz CT molecular complexity index is 997. The maximum Gasteiger partial charge on any atom is 0.332 e. The normalized spacial score (nSPS) is 14.4. The zero-order valence-electron chi connectivity index (χ0n) is 15.0. The number of nitrogens with zero attached hydrogens (tertiary/aromatic N) is 2. The number of allylic oxidation sites excluding steroid dienone is 1. The smallest absolute Gasteiger partial charge is 0.332 e.